The predicted molar refractivity (Wildman–Crippen MR) is 113 cm³/mol. The van der Waals surface area contributed by atoms with E-state index in [0.717, 1.165) is 28.8 Å². The van der Waals surface area contributed by atoms with Crippen molar-refractivity contribution in [2.75, 3.05) is 25.5 Å². The number of nitrogens with two attached hydrogens (primary N) is 1. The number of ether oxygens (including phenoxy) is 2. The molecular weight excluding hydrogens is 461 g/mol. The zero-order chi connectivity index (χ0) is 23.3. The highest BCUT2D eigenvalue weighted by atomic mass is 35.5. The zero-order valence-corrected chi connectivity index (χ0v) is 17.9. The van der Waals surface area contributed by atoms with Crippen LogP contribution in [0.2, 0.25) is 5.02 Å². The lowest BCUT2D eigenvalue weighted by Gasteiger charge is -2.35. The number of alkyl halides is 3. The quantitative estimate of drug-likeness (QED) is 0.595. The first-order valence-electron chi connectivity index (χ1n) is 10.1. The van der Waals surface area contributed by atoms with Crippen LogP contribution in [0, 0.1) is 0 Å². The second kappa shape index (κ2) is 8.12. The molecule has 0 aliphatic carbocycles. The van der Waals surface area contributed by atoms with Crippen LogP contribution in [-0.4, -0.2) is 40.5 Å². The van der Waals surface area contributed by atoms with E-state index >= 15 is 0 Å². The molecule has 2 aromatic heterocycles. The molecule has 3 aromatic rings. The molecule has 0 bridgehead atoms. The molecule has 4 heterocycles. The summed E-state index contributed by atoms with van der Waals surface area (Å²) in [6.07, 6.45) is -3.74. The molecule has 1 aromatic carbocycles. The molecule has 1 atom stereocenters. The maximum absolute atomic E-state index is 13.5. The molecule has 0 spiro atoms. The highest BCUT2D eigenvalue weighted by Gasteiger charge is 2.34. The number of morpholine rings is 1. The molecule has 7 nitrogen and oxygen atoms in total. The van der Waals surface area contributed by atoms with Gasteiger partial charge < -0.3 is 20.1 Å². The van der Waals surface area contributed by atoms with Crippen molar-refractivity contribution in [1.82, 2.24) is 14.9 Å². The number of halogens is 4. The standard InChI is InChI=1S/C22H18ClF3N4O3/c23-16-6-18-12(14-8-33-9-15(14)20(27)29-18)5-13(16)21(31)30-3-4-32-10-19(30)17-2-1-11(7-28-17)22(24,25)26/h1-2,5-7,19H,3-4,8-10H2,(H2,27,29)/t19-/m0/s1. The van der Waals surface area contributed by atoms with Gasteiger partial charge in [0, 0.05) is 23.7 Å². The van der Waals surface area contributed by atoms with Crippen molar-refractivity contribution in [3.05, 3.63) is 63.4 Å². The highest BCUT2D eigenvalue weighted by molar-refractivity contribution is 6.34. The molecule has 2 aliphatic rings. The molecule has 1 amide bonds. The average Bonchev–Trinajstić information content (AvgIpc) is 3.29. The van der Waals surface area contributed by atoms with Crippen LogP contribution < -0.4 is 5.73 Å². The lowest BCUT2D eigenvalue weighted by atomic mass is 10.0. The molecule has 0 radical (unpaired) electrons. The minimum Gasteiger partial charge on any atom is -0.383 e. The molecule has 2 aliphatic heterocycles. The summed E-state index contributed by atoms with van der Waals surface area (Å²) >= 11 is 6.45. The molecule has 2 N–H and O–H groups in total. The van der Waals surface area contributed by atoms with E-state index in [2.05, 4.69) is 9.97 Å². The number of hydrogen-bond acceptors (Lipinski definition) is 6. The van der Waals surface area contributed by atoms with Crippen molar-refractivity contribution < 1.29 is 27.4 Å². The van der Waals surface area contributed by atoms with Crippen LogP contribution in [0.15, 0.2) is 30.5 Å². The van der Waals surface area contributed by atoms with Crippen molar-refractivity contribution in [1.29, 1.82) is 0 Å². The molecule has 33 heavy (non-hydrogen) atoms. The lowest BCUT2D eigenvalue weighted by Crippen LogP contribution is -2.43. The summed E-state index contributed by atoms with van der Waals surface area (Å²) in [6, 6.07) is 4.82. The van der Waals surface area contributed by atoms with E-state index in [0.29, 0.717) is 30.2 Å². The third-order valence-corrected chi connectivity index (χ3v) is 6.21. The molecule has 0 unspecified atom stereocenters. The SMILES string of the molecule is Nc1nc2cc(Cl)c(C(=O)N3CCOC[C@H]3c3ccc(C(F)(F)F)cn3)cc2c2c1COC2. The van der Waals surface area contributed by atoms with E-state index in [1.54, 1.807) is 12.1 Å². The van der Waals surface area contributed by atoms with Gasteiger partial charge in [-0.15, -0.1) is 0 Å². The van der Waals surface area contributed by atoms with Gasteiger partial charge in [-0.05, 0) is 29.8 Å². The molecule has 172 valence electrons. The number of carbonyl (C=O) groups is 1. The number of amides is 1. The van der Waals surface area contributed by atoms with Crippen LogP contribution in [0.3, 0.4) is 0 Å². The second-order valence-electron chi connectivity index (χ2n) is 7.85. The molecule has 1 saturated heterocycles. The Morgan fingerprint density at radius 2 is 1.97 bits per heavy atom. The number of nitrogen functional groups attached to an aromatic ring is 1. The largest absolute Gasteiger partial charge is 0.417 e. The molecule has 5 rings (SSSR count). The maximum Gasteiger partial charge on any atom is 0.417 e. The van der Waals surface area contributed by atoms with Gasteiger partial charge in [-0.2, -0.15) is 13.2 Å². The number of pyridine rings is 2. The number of hydrogen-bond donors (Lipinski definition) is 1. The Morgan fingerprint density at radius 1 is 1.18 bits per heavy atom. The lowest BCUT2D eigenvalue weighted by molar-refractivity contribution is -0.137. The van der Waals surface area contributed by atoms with Crippen LogP contribution in [0.25, 0.3) is 10.9 Å². The van der Waals surface area contributed by atoms with Crippen molar-refractivity contribution >= 4 is 34.2 Å². The van der Waals surface area contributed by atoms with Gasteiger partial charge in [0.1, 0.15) is 5.82 Å². The Kier molecular flexibility index (Phi) is 5.38. The number of nitrogens with zero attached hydrogens (tertiary/aromatic N) is 3. The van der Waals surface area contributed by atoms with Crippen molar-refractivity contribution in [2.45, 2.75) is 25.4 Å². The van der Waals surface area contributed by atoms with Crippen LogP contribution in [0.1, 0.15) is 38.8 Å². The Morgan fingerprint density at radius 3 is 2.70 bits per heavy atom. The molecule has 1 fully saturated rings. The van der Waals surface area contributed by atoms with Crippen LogP contribution in [-0.2, 0) is 28.9 Å². The first-order chi connectivity index (χ1) is 15.7. The summed E-state index contributed by atoms with van der Waals surface area (Å²) in [4.78, 5) is 23.4. The maximum atomic E-state index is 13.5. The average molecular weight is 479 g/mol. The normalized spacial score (nSPS) is 18.5. The summed E-state index contributed by atoms with van der Waals surface area (Å²) in [5, 5.41) is 0.922. The molecule has 11 heteroatoms. The first kappa shape index (κ1) is 21.9. The Bertz CT molecular complexity index is 1250. The molecule has 0 saturated carbocycles. The second-order valence-corrected chi connectivity index (χ2v) is 8.26. The van der Waals surface area contributed by atoms with Crippen molar-refractivity contribution in [2.24, 2.45) is 0 Å². The fourth-order valence-electron chi connectivity index (χ4n) is 4.17. The summed E-state index contributed by atoms with van der Waals surface area (Å²) < 4.78 is 49.7. The van der Waals surface area contributed by atoms with Gasteiger partial charge in [-0.1, -0.05) is 11.6 Å². The summed E-state index contributed by atoms with van der Waals surface area (Å²) in [5.41, 5.74) is 7.93. The van der Waals surface area contributed by atoms with E-state index < -0.39 is 17.8 Å². The van der Waals surface area contributed by atoms with Gasteiger partial charge in [-0.25, -0.2) is 4.98 Å². The van der Waals surface area contributed by atoms with Gasteiger partial charge in [0.2, 0.25) is 0 Å². The number of fused-ring (bicyclic) bond motifs is 3. The van der Waals surface area contributed by atoms with Crippen molar-refractivity contribution in [3.63, 3.8) is 0 Å². The number of carbonyl (C=O) groups excluding carboxylic acids is 1. The monoisotopic (exact) mass is 478 g/mol. The van der Waals surface area contributed by atoms with E-state index in [1.807, 2.05) is 0 Å². The predicted octanol–water partition coefficient (Wildman–Crippen LogP) is 4.13. The third kappa shape index (κ3) is 3.88. The topological polar surface area (TPSA) is 90.6 Å². The number of anilines is 1. The zero-order valence-electron chi connectivity index (χ0n) is 17.2. The fourth-order valence-corrected chi connectivity index (χ4v) is 4.41. The Labute approximate surface area is 191 Å². The number of benzene rings is 1. The third-order valence-electron chi connectivity index (χ3n) is 5.89. The molecular formula is C22H18ClF3N4O3. The van der Waals surface area contributed by atoms with E-state index in [4.69, 9.17) is 26.8 Å². The Balaban J connectivity index is 1.52. The highest BCUT2D eigenvalue weighted by Crippen LogP contribution is 2.36. The van der Waals surface area contributed by atoms with E-state index in [9.17, 15) is 18.0 Å². The summed E-state index contributed by atoms with van der Waals surface area (Å²) in [5.74, 6) is -0.00634. The smallest absolute Gasteiger partial charge is 0.383 e. The van der Waals surface area contributed by atoms with Gasteiger partial charge in [0.05, 0.1) is 59.8 Å². The number of aromatic nitrogens is 2. The van der Waals surface area contributed by atoms with Gasteiger partial charge >= 0.3 is 6.18 Å². The minimum atomic E-state index is -4.50. The Hall–Kier alpha value is -2.95. The van der Waals surface area contributed by atoms with Gasteiger partial charge in [0.25, 0.3) is 5.91 Å². The number of rotatable bonds is 2. The first-order valence-corrected chi connectivity index (χ1v) is 10.5. The van der Waals surface area contributed by atoms with Crippen molar-refractivity contribution in [3.8, 4) is 0 Å². The summed E-state index contributed by atoms with van der Waals surface area (Å²) in [7, 11) is 0. The van der Waals surface area contributed by atoms with Gasteiger partial charge in [-0.3, -0.25) is 9.78 Å². The van der Waals surface area contributed by atoms with Gasteiger partial charge in [0.15, 0.2) is 0 Å². The van der Waals surface area contributed by atoms with E-state index in [1.165, 1.54) is 11.0 Å². The summed E-state index contributed by atoms with van der Waals surface area (Å²) in [6.45, 7) is 1.33. The minimum absolute atomic E-state index is 0.108. The van der Waals surface area contributed by atoms with E-state index in [-0.39, 0.29) is 36.3 Å². The van der Waals surface area contributed by atoms with Crippen LogP contribution in [0.4, 0.5) is 19.0 Å². The van der Waals surface area contributed by atoms with Crippen LogP contribution in [0.5, 0.6) is 0 Å². The van der Waals surface area contributed by atoms with Crippen LogP contribution >= 0.6 is 11.6 Å². The fraction of sp³-hybridized carbons (Fsp3) is 0.318.